The number of nitrogens with one attached hydrogen (secondary N) is 1. The molecule has 0 aliphatic heterocycles. The van der Waals surface area contributed by atoms with Gasteiger partial charge in [0.2, 0.25) is 0 Å². The normalized spacial score (nSPS) is 12.9. The molecule has 1 unspecified atom stereocenters. The molecule has 0 aliphatic rings. The van der Waals surface area contributed by atoms with E-state index in [1.54, 1.807) is 0 Å². The molecule has 0 aliphatic carbocycles. The average Bonchev–Trinajstić information content (AvgIpc) is 2.29. The van der Waals surface area contributed by atoms with E-state index in [0.29, 0.717) is 0 Å². The van der Waals surface area contributed by atoms with Crippen LogP contribution in [0.3, 0.4) is 0 Å². The monoisotopic (exact) mass is 247 g/mol. The van der Waals surface area contributed by atoms with Gasteiger partial charge in [0.1, 0.15) is 0 Å². The van der Waals surface area contributed by atoms with E-state index >= 15 is 0 Å². The molecule has 3 heteroatoms. The predicted molar refractivity (Wildman–Crippen MR) is 75.4 cm³/mol. The molecule has 2 nitrogen and oxygen atoms in total. The van der Waals surface area contributed by atoms with Crippen molar-refractivity contribution in [1.82, 2.24) is 5.32 Å². The van der Waals surface area contributed by atoms with Gasteiger partial charge in [0.05, 0.1) is 0 Å². The minimum absolute atomic E-state index is 0.740. The first-order valence-electron chi connectivity index (χ1n) is 6.71. The molecule has 0 aromatic rings. The molecule has 0 radical (unpaired) electrons. The van der Waals surface area contributed by atoms with Gasteiger partial charge in [-0.25, -0.2) is 0 Å². The van der Waals surface area contributed by atoms with Crippen molar-refractivity contribution in [2.24, 2.45) is 0 Å². The Labute approximate surface area is 106 Å². The van der Waals surface area contributed by atoms with Gasteiger partial charge in [-0.2, -0.15) is 11.8 Å². The predicted octanol–water partition coefficient (Wildman–Crippen LogP) is 3.31. The zero-order valence-electron chi connectivity index (χ0n) is 11.3. The van der Waals surface area contributed by atoms with Gasteiger partial charge in [-0.15, -0.1) is 0 Å². The first-order chi connectivity index (χ1) is 7.81. The van der Waals surface area contributed by atoms with Crippen molar-refractivity contribution in [3.63, 3.8) is 0 Å². The smallest absolute Gasteiger partial charge is 0.0477 e. The second-order valence-corrected chi connectivity index (χ2v) is 5.69. The van der Waals surface area contributed by atoms with E-state index in [4.69, 9.17) is 4.74 Å². The summed E-state index contributed by atoms with van der Waals surface area (Å²) in [6, 6.07) is 0. The standard InChI is InChI=1S/C13H29NOS/c1-4-6-7-11-16-13(3)12-14-9-8-10-15-5-2/h13-14H,4-12H2,1-3H3. The van der Waals surface area contributed by atoms with Crippen LogP contribution in [0.2, 0.25) is 0 Å². The fourth-order valence-corrected chi connectivity index (χ4v) is 2.45. The highest BCUT2D eigenvalue weighted by Gasteiger charge is 2.01. The van der Waals surface area contributed by atoms with Crippen LogP contribution in [0.15, 0.2) is 0 Å². The highest BCUT2D eigenvalue weighted by molar-refractivity contribution is 7.99. The SMILES string of the molecule is CCCCCSC(C)CNCCCOCC. The van der Waals surface area contributed by atoms with E-state index in [1.807, 2.05) is 6.92 Å². The topological polar surface area (TPSA) is 21.3 Å². The molecule has 0 bridgehead atoms. The molecule has 0 fully saturated rings. The van der Waals surface area contributed by atoms with Crippen molar-refractivity contribution in [1.29, 1.82) is 0 Å². The zero-order valence-corrected chi connectivity index (χ0v) is 12.1. The number of ether oxygens (including phenoxy) is 1. The maximum absolute atomic E-state index is 5.29. The van der Waals surface area contributed by atoms with Gasteiger partial charge < -0.3 is 10.1 Å². The van der Waals surface area contributed by atoms with Crippen molar-refractivity contribution in [2.45, 2.75) is 51.7 Å². The van der Waals surface area contributed by atoms with Crippen LogP contribution in [0.25, 0.3) is 0 Å². The van der Waals surface area contributed by atoms with Crippen molar-refractivity contribution < 1.29 is 4.74 Å². The van der Waals surface area contributed by atoms with E-state index in [1.165, 1.54) is 25.0 Å². The van der Waals surface area contributed by atoms with Crippen LogP contribution in [0.5, 0.6) is 0 Å². The Hall–Kier alpha value is 0.270. The Balaban J connectivity index is 3.08. The Morgan fingerprint density at radius 1 is 1.19 bits per heavy atom. The van der Waals surface area contributed by atoms with Gasteiger partial charge in [-0.05, 0) is 32.1 Å². The maximum Gasteiger partial charge on any atom is 0.0477 e. The number of hydrogen-bond acceptors (Lipinski definition) is 3. The maximum atomic E-state index is 5.29. The molecule has 16 heavy (non-hydrogen) atoms. The van der Waals surface area contributed by atoms with Crippen LogP contribution in [0.1, 0.15) is 46.5 Å². The lowest BCUT2D eigenvalue weighted by Crippen LogP contribution is -2.24. The van der Waals surface area contributed by atoms with Crippen LogP contribution in [-0.4, -0.2) is 37.3 Å². The van der Waals surface area contributed by atoms with Gasteiger partial charge in [0.15, 0.2) is 0 Å². The Bertz CT molecular complexity index is 133. The minimum atomic E-state index is 0.740. The number of rotatable bonds is 12. The highest BCUT2D eigenvalue weighted by atomic mass is 32.2. The average molecular weight is 247 g/mol. The summed E-state index contributed by atoms with van der Waals surface area (Å²) in [5, 5.41) is 4.22. The Kier molecular flexibility index (Phi) is 13.6. The molecule has 0 amide bonds. The number of hydrogen-bond donors (Lipinski definition) is 1. The van der Waals surface area contributed by atoms with Crippen molar-refractivity contribution >= 4 is 11.8 Å². The summed E-state index contributed by atoms with van der Waals surface area (Å²) < 4.78 is 5.29. The first kappa shape index (κ1) is 16.3. The van der Waals surface area contributed by atoms with Crippen LogP contribution in [0.4, 0.5) is 0 Å². The summed E-state index contributed by atoms with van der Waals surface area (Å²) in [7, 11) is 0. The molecule has 0 saturated heterocycles. The third-order valence-electron chi connectivity index (χ3n) is 2.43. The molecule has 0 aromatic carbocycles. The van der Waals surface area contributed by atoms with Gasteiger partial charge >= 0.3 is 0 Å². The van der Waals surface area contributed by atoms with E-state index < -0.39 is 0 Å². The fraction of sp³-hybridized carbons (Fsp3) is 1.00. The van der Waals surface area contributed by atoms with E-state index in [9.17, 15) is 0 Å². The van der Waals surface area contributed by atoms with Crippen LogP contribution >= 0.6 is 11.8 Å². The second kappa shape index (κ2) is 13.3. The molecular formula is C13H29NOS. The molecule has 0 saturated carbocycles. The summed E-state index contributed by atoms with van der Waals surface area (Å²) in [5.74, 6) is 1.32. The molecule has 0 rings (SSSR count). The molecule has 0 aromatic heterocycles. The van der Waals surface area contributed by atoms with Crippen LogP contribution in [-0.2, 0) is 4.74 Å². The summed E-state index contributed by atoms with van der Waals surface area (Å²) in [5.41, 5.74) is 0. The number of thioether (sulfide) groups is 1. The third kappa shape index (κ3) is 12.3. The largest absolute Gasteiger partial charge is 0.382 e. The summed E-state index contributed by atoms with van der Waals surface area (Å²) in [6.07, 6.45) is 5.20. The lowest BCUT2D eigenvalue weighted by atomic mass is 10.3. The van der Waals surface area contributed by atoms with Crippen molar-refractivity contribution in [3.8, 4) is 0 Å². The second-order valence-electron chi connectivity index (χ2n) is 4.14. The molecule has 98 valence electrons. The Morgan fingerprint density at radius 2 is 2.00 bits per heavy atom. The molecular weight excluding hydrogens is 218 g/mol. The van der Waals surface area contributed by atoms with E-state index in [2.05, 4.69) is 30.9 Å². The number of unbranched alkanes of at least 4 members (excludes halogenated alkanes) is 2. The fourth-order valence-electron chi connectivity index (χ4n) is 1.44. The molecule has 0 spiro atoms. The van der Waals surface area contributed by atoms with Gasteiger partial charge in [-0.3, -0.25) is 0 Å². The summed E-state index contributed by atoms with van der Waals surface area (Å²) in [6.45, 7) is 10.6. The quantitative estimate of drug-likeness (QED) is 0.535. The first-order valence-corrected chi connectivity index (χ1v) is 7.76. The van der Waals surface area contributed by atoms with Gasteiger partial charge in [0, 0.05) is 25.0 Å². The van der Waals surface area contributed by atoms with Crippen LogP contribution < -0.4 is 5.32 Å². The highest BCUT2D eigenvalue weighted by Crippen LogP contribution is 2.12. The van der Waals surface area contributed by atoms with E-state index in [-0.39, 0.29) is 0 Å². The van der Waals surface area contributed by atoms with Gasteiger partial charge in [-0.1, -0.05) is 26.7 Å². The Morgan fingerprint density at radius 3 is 2.69 bits per heavy atom. The third-order valence-corrected chi connectivity index (χ3v) is 3.69. The van der Waals surface area contributed by atoms with E-state index in [0.717, 1.165) is 38.0 Å². The molecule has 1 atom stereocenters. The zero-order chi connectivity index (χ0) is 12.1. The van der Waals surface area contributed by atoms with Gasteiger partial charge in [0.25, 0.3) is 0 Å². The molecule has 1 N–H and O–H groups in total. The molecule has 0 heterocycles. The summed E-state index contributed by atoms with van der Waals surface area (Å²) >= 11 is 2.09. The lowest BCUT2D eigenvalue weighted by Gasteiger charge is -2.12. The van der Waals surface area contributed by atoms with Crippen molar-refractivity contribution in [3.05, 3.63) is 0 Å². The summed E-state index contributed by atoms with van der Waals surface area (Å²) in [4.78, 5) is 0. The van der Waals surface area contributed by atoms with Crippen molar-refractivity contribution in [2.75, 3.05) is 32.1 Å². The lowest BCUT2D eigenvalue weighted by molar-refractivity contribution is 0.145. The minimum Gasteiger partial charge on any atom is -0.382 e. The van der Waals surface area contributed by atoms with Crippen LogP contribution in [0, 0.1) is 0 Å².